The third-order valence-corrected chi connectivity index (χ3v) is 11.5. The normalized spacial score (nSPS) is 11.9. The molecule has 216 valence electrons. The van der Waals surface area contributed by atoms with E-state index in [4.69, 9.17) is 0 Å². The third-order valence-electron chi connectivity index (χ3n) is 9.16. The van der Waals surface area contributed by atoms with Gasteiger partial charge in [-0.25, -0.2) is 0 Å². The number of anilines is 3. The third kappa shape index (κ3) is 3.81. The predicted octanol–water partition coefficient (Wildman–Crippen LogP) is 13.0. The molecular weight excluding hydrogens is 597 g/mol. The van der Waals surface area contributed by atoms with Crippen LogP contribution in [0.15, 0.2) is 158 Å². The maximum Gasteiger partial charge on any atom is 0.0555 e. The molecule has 0 unspecified atom stereocenters. The first kappa shape index (κ1) is 25.9. The lowest BCUT2D eigenvalue weighted by Gasteiger charge is -2.26. The molecule has 0 aliphatic carbocycles. The van der Waals surface area contributed by atoms with Crippen molar-refractivity contribution in [2.45, 2.75) is 0 Å². The average molecular weight is 623 g/mol. The lowest BCUT2D eigenvalue weighted by atomic mass is 10.1. The van der Waals surface area contributed by atoms with Gasteiger partial charge in [0.25, 0.3) is 0 Å². The van der Waals surface area contributed by atoms with E-state index < -0.39 is 0 Å². The van der Waals surface area contributed by atoms with Crippen LogP contribution < -0.4 is 4.90 Å². The predicted molar refractivity (Wildman–Crippen MR) is 201 cm³/mol. The summed E-state index contributed by atoms with van der Waals surface area (Å²) in [6, 6.07) is 57.6. The maximum atomic E-state index is 2.43. The van der Waals surface area contributed by atoms with E-state index >= 15 is 0 Å². The monoisotopic (exact) mass is 622 g/mol. The summed E-state index contributed by atoms with van der Waals surface area (Å²) in [4.78, 5) is 2.40. The van der Waals surface area contributed by atoms with Crippen LogP contribution in [0.3, 0.4) is 0 Å². The molecule has 46 heavy (non-hydrogen) atoms. The Bertz CT molecular complexity index is 2750. The number of nitrogens with zero attached hydrogens (tertiary/aromatic N) is 2. The van der Waals surface area contributed by atoms with Crippen LogP contribution in [0.25, 0.3) is 67.8 Å². The summed E-state index contributed by atoms with van der Waals surface area (Å²) in [7, 11) is 0. The van der Waals surface area contributed by atoms with Gasteiger partial charge in [-0.2, -0.15) is 0 Å². The molecule has 0 atom stereocenters. The van der Waals surface area contributed by atoms with Crippen molar-refractivity contribution < 1.29 is 0 Å². The van der Waals surface area contributed by atoms with Gasteiger partial charge in [-0.1, -0.05) is 78.9 Å². The van der Waals surface area contributed by atoms with Gasteiger partial charge in [-0.05, 0) is 78.9 Å². The van der Waals surface area contributed by atoms with Gasteiger partial charge in [0.2, 0.25) is 0 Å². The highest BCUT2D eigenvalue weighted by Gasteiger charge is 2.20. The highest BCUT2D eigenvalue weighted by molar-refractivity contribution is 7.27. The van der Waals surface area contributed by atoms with Gasteiger partial charge >= 0.3 is 0 Å². The fourth-order valence-electron chi connectivity index (χ4n) is 7.15. The van der Waals surface area contributed by atoms with Gasteiger partial charge in [0.1, 0.15) is 0 Å². The van der Waals surface area contributed by atoms with E-state index in [2.05, 4.69) is 167 Å². The minimum atomic E-state index is 1.14. The van der Waals surface area contributed by atoms with Gasteiger partial charge in [0.15, 0.2) is 0 Å². The van der Waals surface area contributed by atoms with Crippen LogP contribution in [0.2, 0.25) is 0 Å². The number of rotatable bonds is 4. The second-order valence-electron chi connectivity index (χ2n) is 11.8. The summed E-state index contributed by atoms with van der Waals surface area (Å²) in [6.07, 6.45) is 0. The second kappa shape index (κ2) is 10.0. The van der Waals surface area contributed by atoms with Crippen LogP contribution in [-0.4, -0.2) is 4.57 Å². The number of thiophene rings is 2. The molecule has 4 heteroatoms. The molecule has 3 heterocycles. The summed E-state index contributed by atoms with van der Waals surface area (Å²) in [6.45, 7) is 0. The zero-order chi connectivity index (χ0) is 30.2. The highest BCUT2D eigenvalue weighted by atomic mass is 32.1. The molecule has 7 aromatic carbocycles. The van der Waals surface area contributed by atoms with Crippen LogP contribution in [0.4, 0.5) is 17.1 Å². The average Bonchev–Trinajstić information content (AvgIpc) is 3.78. The molecule has 2 nitrogen and oxygen atoms in total. The summed E-state index contributed by atoms with van der Waals surface area (Å²) >= 11 is 3.76. The molecular formula is C42H26N2S2. The molecule has 0 aliphatic heterocycles. The summed E-state index contributed by atoms with van der Waals surface area (Å²) in [5.74, 6) is 0. The smallest absolute Gasteiger partial charge is 0.0555 e. The molecule has 0 N–H and O–H groups in total. The molecule has 0 amide bonds. The number of para-hydroxylation sites is 2. The van der Waals surface area contributed by atoms with Crippen LogP contribution >= 0.6 is 22.7 Å². The first-order chi connectivity index (χ1) is 22.8. The Morgan fingerprint density at radius 1 is 0.391 bits per heavy atom. The van der Waals surface area contributed by atoms with Crippen molar-refractivity contribution in [1.82, 2.24) is 4.57 Å². The minimum Gasteiger partial charge on any atom is -0.310 e. The number of hydrogen-bond acceptors (Lipinski definition) is 3. The Kier molecular flexibility index (Phi) is 5.65. The fraction of sp³-hybridized carbons (Fsp3) is 0. The molecule has 0 spiro atoms. The van der Waals surface area contributed by atoms with Gasteiger partial charge in [-0.15, -0.1) is 22.7 Å². The van der Waals surface area contributed by atoms with Crippen LogP contribution in [0.5, 0.6) is 0 Å². The Balaban J connectivity index is 1.28. The number of aromatic nitrogens is 1. The van der Waals surface area contributed by atoms with Gasteiger partial charge in [0, 0.05) is 73.9 Å². The lowest BCUT2D eigenvalue weighted by Crippen LogP contribution is -2.09. The zero-order valence-electron chi connectivity index (χ0n) is 24.7. The lowest BCUT2D eigenvalue weighted by molar-refractivity contribution is 1.18. The highest BCUT2D eigenvalue weighted by Crippen LogP contribution is 2.46. The SMILES string of the molecule is c1ccc(N(c2ccc3sc4ccccc4c3c2)c2ccc3c(c2)c2c4sc5ccccc5c4ccc2n3-c2ccccc2)cc1. The molecule has 0 saturated carbocycles. The summed E-state index contributed by atoms with van der Waals surface area (Å²) in [5.41, 5.74) is 7.05. The van der Waals surface area contributed by atoms with E-state index in [9.17, 15) is 0 Å². The van der Waals surface area contributed by atoms with Crippen molar-refractivity contribution in [1.29, 1.82) is 0 Å². The van der Waals surface area contributed by atoms with Gasteiger partial charge in [-0.3, -0.25) is 0 Å². The largest absolute Gasteiger partial charge is 0.310 e. The van der Waals surface area contributed by atoms with E-state index in [0.717, 1.165) is 17.1 Å². The van der Waals surface area contributed by atoms with E-state index in [1.807, 2.05) is 22.7 Å². The van der Waals surface area contributed by atoms with E-state index in [1.54, 1.807) is 0 Å². The van der Waals surface area contributed by atoms with E-state index in [1.165, 1.54) is 67.8 Å². The summed E-state index contributed by atoms with van der Waals surface area (Å²) < 4.78 is 7.72. The molecule has 10 aromatic rings. The maximum absolute atomic E-state index is 2.43. The standard InChI is InChI=1S/C42H26N2S2/c1-3-11-27(12-4-1)43(30-20-24-40-34(25-30)32-16-8-9-17-38(32)45-40)29-19-22-36-35(26-29)41-37(44(36)28-13-5-2-6-14-28)23-21-33-31-15-7-10-18-39(31)46-42(33)41/h1-26H. The Morgan fingerprint density at radius 3 is 1.76 bits per heavy atom. The molecule has 0 radical (unpaired) electrons. The number of hydrogen-bond donors (Lipinski definition) is 0. The van der Waals surface area contributed by atoms with Crippen molar-refractivity contribution in [2.75, 3.05) is 4.90 Å². The fourth-order valence-corrected chi connectivity index (χ4v) is 9.49. The summed E-state index contributed by atoms with van der Waals surface area (Å²) in [5, 5.41) is 7.82. The van der Waals surface area contributed by atoms with Crippen molar-refractivity contribution >= 4 is 102 Å². The van der Waals surface area contributed by atoms with Crippen molar-refractivity contribution in [2.24, 2.45) is 0 Å². The Morgan fingerprint density at radius 2 is 0.978 bits per heavy atom. The van der Waals surface area contributed by atoms with Gasteiger partial charge in [0.05, 0.1) is 11.0 Å². The first-order valence-electron chi connectivity index (χ1n) is 15.5. The van der Waals surface area contributed by atoms with Crippen molar-refractivity contribution in [3.05, 3.63) is 158 Å². The van der Waals surface area contributed by atoms with Crippen LogP contribution in [0, 0.1) is 0 Å². The number of benzene rings is 7. The molecule has 0 fully saturated rings. The molecule has 10 rings (SSSR count). The van der Waals surface area contributed by atoms with Crippen LogP contribution in [0.1, 0.15) is 0 Å². The number of fused-ring (bicyclic) bond motifs is 10. The van der Waals surface area contributed by atoms with Gasteiger partial charge < -0.3 is 9.47 Å². The Hall–Kier alpha value is -5.42. The van der Waals surface area contributed by atoms with Crippen molar-refractivity contribution in [3.8, 4) is 5.69 Å². The molecule has 3 aromatic heterocycles. The Labute approximate surface area is 273 Å². The molecule has 0 bridgehead atoms. The second-order valence-corrected chi connectivity index (χ2v) is 13.9. The van der Waals surface area contributed by atoms with E-state index in [0.29, 0.717) is 0 Å². The van der Waals surface area contributed by atoms with Crippen molar-refractivity contribution in [3.63, 3.8) is 0 Å². The first-order valence-corrected chi connectivity index (χ1v) is 17.2. The molecule has 0 saturated heterocycles. The quantitative estimate of drug-likeness (QED) is 0.190. The van der Waals surface area contributed by atoms with Crippen LogP contribution in [-0.2, 0) is 0 Å². The molecule has 0 aliphatic rings. The minimum absolute atomic E-state index is 1.14. The van der Waals surface area contributed by atoms with E-state index in [-0.39, 0.29) is 0 Å². The topological polar surface area (TPSA) is 8.17 Å². The zero-order valence-corrected chi connectivity index (χ0v) is 26.4.